The molecule has 2 rings (SSSR count). The van der Waals surface area contributed by atoms with Crippen molar-refractivity contribution >= 4 is 11.5 Å². The van der Waals surface area contributed by atoms with Gasteiger partial charge in [0.05, 0.1) is 5.69 Å². The highest BCUT2D eigenvalue weighted by atomic mass is 19.1. The predicted molar refractivity (Wildman–Crippen MR) is 74.9 cm³/mol. The smallest absolute Gasteiger partial charge is 0.159 e. The zero-order valence-corrected chi connectivity index (χ0v) is 11.0. The molecule has 0 aliphatic carbocycles. The summed E-state index contributed by atoms with van der Waals surface area (Å²) in [6.07, 6.45) is 0. The van der Waals surface area contributed by atoms with Crippen LogP contribution in [0.3, 0.4) is 0 Å². The van der Waals surface area contributed by atoms with Crippen LogP contribution >= 0.6 is 0 Å². The minimum Gasteiger partial charge on any atom is -0.376 e. The zero-order valence-electron chi connectivity index (χ0n) is 11.0. The monoisotopic (exact) mass is 257 g/mol. The Hall–Kier alpha value is -2.16. The van der Waals surface area contributed by atoms with E-state index < -0.39 is 0 Å². The highest BCUT2D eigenvalue weighted by molar-refractivity contribution is 5.95. The lowest BCUT2D eigenvalue weighted by atomic mass is 10.1. The highest BCUT2D eigenvalue weighted by Gasteiger charge is 2.10. The first-order chi connectivity index (χ1) is 9.08. The maximum absolute atomic E-state index is 13.7. The molecule has 0 bridgehead atoms. The molecule has 1 N–H and O–H groups in total. The third kappa shape index (κ3) is 3.19. The molecule has 0 spiro atoms. The molecule has 2 nitrogen and oxygen atoms in total. The third-order valence-electron chi connectivity index (χ3n) is 3.04. The first kappa shape index (κ1) is 13.3. The second-order valence-corrected chi connectivity index (χ2v) is 4.53. The van der Waals surface area contributed by atoms with Gasteiger partial charge in [0.2, 0.25) is 0 Å². The van der Waals surface area contributed by atoms with Gasteiger partial charge in [0.15, 0.2) is 5.78 Å². The van der Waals surface area contributed by atoms with E-state index in [1.165, 1.54) is 19.1 Å². The molecule has 19 heavy (non-hydrogen) atoms. The van der Waals surface area contributed by atoms with Crippen LogP contribution in [0.15, 0.2) is 48.5 Å². The normalized spacial score (nSPS) is 11.9. The fourth-order valence-corrected chi connectivity index (χ4v) is 1.91. The predicted octanol–water partition coefficient (Wildman–Crippen LogP) is 4.20. The zero-order chi connectivity index (χ0) is 13.8. The molecule has 3 heteroatoms. The summed E-state index contributed by atoms with van der Waals surface area (Å²) >= 11 is 0. The Labute approximate surface area is 112 Å². The maximum atomic E-state index is 13.7. The third-order valence-corrected chi connectivity index (χ3v) is 3.04. The molecule has 0 radical (unpaired) electrons. The number of hydrogen-bond acceptors (Lipinski definition) is 2. The molecule has 0 saturated carbocycles. The molecule has 0 saturated heterocycles. The largest absolute Gasteiger partial charge is 0.376 e. The van der Waals surface area contributed by atoms with Crippen molar-refractivity contribution in [1.29, 1.82) is 0 Å². The molecule has 0 aliphatic rings. The summed E-state index contributed by atoms with van der Waals surface area (Å²) < 4.78 is 13.7. The SMILES string of the molecule is CC(=O)c1ccc(F)c(NC(C)c2ccccc2)c1. The Morgan fingerprint density at radius 2 is 1.84 bits per heavy atom. The number of rotatable bonds is 4. The lowest BCUT2D eigenvalue weighted by molar-refractivity contribution is 0.101. The first-order valence-corrected chi connectivity index (χ1v) is 6.20. The quantitative estimate of drug-likeness (QED) is 0.832. The van der Waals surface area contributed by atoms with Gasteiger partial charge in [-0.15, -0.1) is 0 Å². The number of carbonyl (C=O) groups is 1. The van der Waals surface area contributed by atoms with Crippen LogP contribution in [0, 0.1) is 5.82 Å². The van der Waals surface area contributed by atoms with Gasteiger partial charge in [-0.1, -0.05) is 30.3 Å². The van der Waals surface area contributed by atoms with Crippen LogP contribution in [-0.2, 0) is 0 Å². The molecular weight excluding hydrogens is 241 g/mol. The first-order valence-electron chi connectivity index (χ1n) is 6.20. The van der Waals surface area contributed by atoms with Crippen molar-refractivity contribution in [2.24, 2.45) is 0 Å². The Kier molecular flexibility index (Phi) is 3.95. The Bertz CT molecular complexity index is 581. The number of anilines is 1. The van der Waals surface area contributed by atoms with Crippen LogP contribution in [0.5, 0.6) is 0 Å². The maximum Gasteiger partial charge on any atom is 0.159 e. The van der Waals surface area contributed by atoms with Crippen molar-refractivity contribution in [1.82, 2.24) is 0 Å². The van der Waals surface area contributed by atoms with Gasteiger partial charge in [0, 0.05) is 11.6 Å². The van der Waals surface area contributed by atoms with E-state index in [-0.39, 0.29) is 17.6 Å². The van der Waals surface area contributed by atoms with E-state index in [2.05, 4.69) is 5.32 Å². The molecule has 0 fully saturated rings. The molecule has 1 atom stereocenters. The average molecular weight is 257 g/mol. The minimum atomic E-state index is -0.354. The second kappa shape index (κ2) is 5.65. The van der Waals surface area contributed by atoms with Crippen LogP contribution in [0.1, 0.15) is 35.8 Å². The van der Waals surface area contributed by atoms with Crippen molar-refractivity contribution in [3.63, 3.8) is 0 Å². The van der Waals surface area contributed by atoms with Crippen molar-refractivity contribution < 1.29 is 9.18 Å². The van der Waals surface area contributed by atoms with Crippen molar-refractivity contribution in [3.05, 3.63) is 65.5 Å². The second-order valence-electron chi connectivity index (χ2n) is 4.53. The van der Waals surface area contributed by atoms with Crippen molar-refractivity contribution in [2.45, 2.75) is 19.9 Å². The van der Waals surface area contributed by atoms with Gasteiger partial charge >= 0.3 is 0 Å². The molecule has 0 heterocycles. The van der Waals surface area contributed by atoms with Crippen LogP contribution < -0.4 is 5.32 Å². The summed E-state index contributed by atoms with van der Waals surface area (Å²) in [7, 11) is 0. The van der Waals surface area contributed by atoms with Crippen LogP contribution in [0.4, 0.5) is 10.1 Å². The highest BCUT2D eigenvalue weighted by Crippen LogP contribution is 2.22. The van der Waals surface area contributed by atoms with Crippen LogP contribution in [0.2, 0.25) is 0 Å². The van der Waals surface area contributed by atoms with Crippen LogP contribution in [-0.4, -0.2) is 5.78 Å². The van der Waals surface area contributed by atoms with Crippen molar-refractivity contribution in [2.75, 3.05) is 5.32 Å². The number of nitrogens with one attached hydrogen (secondary N) is 1. The summed E-state index contributed by atoms with van der Waals surface area (Å²) in [6.45, 7) is 3.42. The molecule has 2 aromatic rings. The van der Waals surface area contributed by atoms with Gasteiger partial charge in [0.25, 0.3) is 0 Å². The van der Waals surface area contributed by atoms with Crippen molar-refractivity contribution in [3.8, 4) is 0 Å². The summed E-state index contributed by atoms with van der Waals surface area (Å²) in [5, 5.41) is 3.09. The van der Waals surface area contributed by atoms with Gasteiger partial charge in [-0.3, -0.25) is 4.79 Å². The summed E-state index contributed by atoms with van der Waals surface area (Å²) in [6, 6.07) is 14.1. The van der Waals surface area contributed by atoms with Gasteiger partial charge in [-0.2, -0.15) is 0 Å². The number of carbonyl (C=O) groups excluding carboxylic acids is 1. The lowest BCUT2D eigenvalue weighted by Crippen LogP contribution is -2.08. The number of benzene rings is 2. The number of halogens is 1. The van der Waals surface area contributed by atoms with E-state index in [0.717, 1.165) is 5.56 Å². The number of Topliss-reactive ketones (excluding diaryl/α,β-unsaturated/α-hetero) is 1. The molecule has 2 aromatic carbocycles. The van der Waals surface area contributed by atoms with Gasteiger partial charge in [-0.25, -0.2) is 4.39 Å². The summed E-state index contributed by atoms with van der Waals surface area (Å²) in [5.41, 5.74) is 1.92. The number of ketones is 1. The van der Waals surface area contributed by atoms with Crippen LogP contribution in [0.25, 0.3) is 0 Å². The molecule has 0 aliphatic heterocycles. The molecule has 1 unspecified atom stereocenters. The van der Waals surface area contributed by atoms with E-state index in [1.54, 1.807) is 6.07 Å². The van der Waals surface area contributed by atoms with E-state index >= 15 is 0 Å². The minimum absolute atomic E-state index is 0.0297. The average Bonchev–Trinajstić information content (AvgIpc) is 2.42. The molecule has 98 valence electrons. The standard InChI is InChI=1S/C16H16FNO/c1-11(13-6-4-3-5-7-13)18-16-10-14(12(2)19)8-9-15(16)17/h3-11,18H,1-2H3. The van der Waals surface area contributed by atoms with E-state index in [0.29, 0.717) is 11.3 Å². The molecule has 0 aromatic heterocycles. The van der Waals surface area contributed by atoms with Gasteiger partial charge in [-0.05, 0) is 37.6 Å². The van der Waals surface area contributed by atoms with Gasteiger partial charge < -0.3 is 5.32 Å². The van der Waals surface area contributed by atoms with E-state index in [9.17, 15) is 9.18 Å². The van der Waals surface area contributed by atoms with E-state index in [1.807, 2.05) is 37.3 Å². The fourth-order valence-electron chi connectivity index (χ4n) is 1.91. The Balaban J connectivity index is 2.23. The molecular formula is C16H16FNO. The fraction of sp³-hybridized carbons (Fsp3) is 0.188. The van der Waals surface area contributed by atoms with E-state index in [4.69, 9.17) is 0 Å². The summed E-state index contributed by atoms with van der Waals surface area (Å²) in [5.74, 6) is -0.428. The topological polar surface area (TPSA) is 29.1 Å². The molecule has 0 amide bonds. The Morgan fingerprint density at radius 1 is 1.16 bits per heavy atom. The van der Waals surface area contributed by atoms with Gasteiger partial charge in [0.1, 0.15) is 5.82 Å². The summed E-state index contributed by atoms with van der Waals surface area (Å²) in [4.78, 5) is 11.3. The number of hydrogen-bond donors (Lipinski definition) is 1. The Morgan fingerprint density at radius 3 is 2.47 bits per heavy atom. The lowest BCUT2D eigenvalue weighted by Gasteiger charge is -2.16.